The fraction of sp³-hybridized carbons (Fsp3) is 0.571. The van der Waals surface area contributed by atoms with Crippen molar-refractivity contribution in [3.63, 3.8) is 0 Å². The first-order chi connectivity index (χ1) is 4.70. The third-order valence-electron chi connectivity index (χ3n) is 1.28. The maximum absolute atomic E-state index is 9.88. The number of hydrogen-bond donors (Lipinski definition) is 1. The minimum absolute atomic E-state index is 0.149. The Labute approximate surface area is 60.3 Å². The van der Waals surface area contributed by atoms with Crippen LogP contribution in [0.15, 0.2) is 12.7 Å². The lowest BCUT2D eigenvalue weighted by molar-refractivity contribution is 0.0823. The summed E-state index contributed by atoms with van der Waals surface area (Å²) in [6, 6.07) is 0. The quantitative estimate of drug-likeness (QED) is 0.484. The number of carboxylic acid groups (broad SMARTS) is 1. The van der Waals surface area contributed by atoms with Crippen molar-refractivity contribution < 1.29 is 14.6 Å². The van der Waals surface area contributed by atoms with Crippen LogP contribution < -0.4 is 0 Å². The van der Waals surface area contributed by atoms with Crippen molar-refractivity contribution in [3.8, 4) is 0 Å². The Morgan fingerprint density at radius 3 is 2.80 bits per heavy atom. The van der Waals surface area contributed by atoms with Gasteiger partial charge in [-0.15, -0.1) is 6.58 Å². The molecule has 0 aliphatic rings. The van der Waals surface area contributed by atoms with E-state index in [1.807, 2.05) is 6.92 Å². The molecule has 0 aromatic rings. The topological polar surface area (TPSA) is 46.5 Å². The van der Waals surface area contributed by atoms with Crippen molar-refractivity contribution in [1.29, 1.82) is 0 Å². The van der Waals surface area contributed by atoms with Gasteiger partial charge in [-0.1, -0.05) is 13.0 Å². The minimum Gasteiger partial charge on any atom is -0.450 e. The molecule has 0 aliphatic carbocycles. The first-order valence-corrected chi connectivity index (χ1v) is 3.19. The zero-order valence-corrected chi connectivity index (χ0v) is 6.04. The van der Waals surface area contributed by atoms with Crippen molar-refractivity contribution in [1.82, 2.24) is 0 Å². The highest BCUT2D eigenvalue weighted by molar-refractivity contribution is 5.56. The summed E-state index contributed by atoms with van der Waals surface area (Å²) in [6.07, 6.45) is 1.33. The van der Waals surface area contributed by atoms with Crippen LogP contribution in [0, 0.1) is 5.92 Å². The van der Waals surface area contributed by atoms with Crippen molar-refractivity contribution in [3.05, 3.63) is 12.7 Å². The van der Waals surface area contributed by atoms with E-state index in [0.29, 0.717) is 0 Å². The summed E-state index contributed by atoms with van der Waals surface area (Å²) >= 11 is 0. The Morgan fingerprint density at radius 2 is 2.50 bits per heavy atom. The van der Waals surface area contributed by atoms with Gasteiger partial charge in [0.15, 0.2) is 0 Å². The van der Waals surface area contributed by atoms with E-state index in [1.54, 1.807) is 6.08 Å². The summed E-state index contributed by atoms with van der Waals surface area (Å²) in [5.74, 6) is 0.149. The van der Waals surface area contributed by atoms with Gasteiger partial charge in [0.25, 0.3) is 0 Å². The van der Waals surface area contributed by atoms with Crippen molar-refractivity contribution >= 4 is 6.16 Å². The van der Waals surface area contributed by atoms with Gasteiger partial charge in [0.05, 0.1) is 0 Å². The molecule has 0 saturated heterocycles. The van der Waals surface area contributed by atoms with Gasteiger partial charge >= 0.3 is 6.16 Å². The lowest BCUT2D eigenvalue weighted by Gasteiger charge is -2.06. The highest BCUT2D eigenvalue weighted by Crippen LogP contribution is 2.03. The molecule has 0 spiro atoms. The summed E-state index contributed by atoms with van der Waals surface area (Å²) in [6.45, 7) is 5.71. The van der Waals surface area contributed by atoms with Crippen LogP contribution in [0.25, 0.3) is 0 Å². The summed E-state index contributed by atoms with van der Waals surface area (Å²) in [4.78, 5) is 9.88. The molecule has 10 heavy (non-hydrogen) atoms. The molecule has 0 rings (SSSR count). The summed E-state index contributed by atoms with van der Waals surface area (Å²) in [7, 11) is 0. The fourth-order valence-electron chi connectivity index (χ4n) is 0.531. The van der Waals surface area contributed by atoms with Gasteiger partial charge in [-0.25, -0.2) is 4.79 Å². The van der Waals surface area contributed by atoms with E-state index >= 15 is 0 Å². The molecule has 0 fully saturated rings. The lowest BCUT2D eigenvalue weighted by Crippen LogP contribution is -2.09. The Hall–Kier alpha value is -0.990. The monoisotopic (exact) mass is 144 g/mol. The van der Waals surface area contributed by atoms with Gasteiger partial charge in [-0.3, -0.25) is 0 Å². The van der Waals surface area contributed by atoms with Crippen LogP contribution in [0.4, 0.5) is 4.79 Å². The predicted molar refractivity (Wildman–Crippen MR) is 38.0 cm³/mol. The van der Waals surface area contributed by atoms with E-state index in [1.165, 1.54) is 0 Å². The second-order valence-corrected chi connectivity index (χ2v) is 1.98. The molecule has 0 heterocycles. The van der Waals surface area contributed by atoms with Gasteiger partial charge < -0.3 is 9.84 Å². The average Bonchev–Trinajstić information content (AvgIpc) is 1.90. The first kappa shape index (κ1) is 9.01. The van der Waals surface area contributed by atoms with Crippen molar-refractivity contribution in [2.24, 2.45) is 5.92 Å². The predicted octanol–water partition coefficient (Wildman–Crippen LogP) is 1.89. The van der Waals surface area contributed by atoms with Gasteiger partial charge in [-0.05, 0) is 6.42 Å². The third-order valence-corrected chi connectivity index (χ3v) is 1.28. The molecule has 1 unspecified atom stereocenters. The molecule has 0 radical (unpaired) electrons. The maximum Gasteiger partial charge on any atom is 0.505 e. The smallest absolute Gasteiger partial charge is 0.450 e. The normalized spacial score (nSPS) is 12.1. The van der Waals surface area contributed by atoms with Gasteiger partial charge in [-0.2, -0.15) is 0 Å². The van der Waals surface area contributed by atoms with E-state index in [0.717, 1.165) is 6.42 Å². The van der Waals surface area contributed by atoms with Crippen LogP contribution in [0.2, 0.25) is 0 Å². The SMILES string of the molecule is C=CC(CC)COC(=O)O. The molecule has 3 nitrogen and oxygen atoms in total. The van der Waals surface area contributed by atoms with Crippen LogP contribution in [0.1, 0.15) is 13.3 Å². The highest BCUT2D eigenvalue weighted by Gasteiger charge is 2.03. The van der Waals surface area contributed by atoms with Gasteiger partial charge in [0.1, 0.15) is 6.61 Å². The molecular formula is C7H12O3. The third kappa shape index (κ3) is 3.95. The van der Waals surface area contributed by atoms with Crippen molar-refractivity contribution in [2.45, 2.75) is 13.3 Å². The molecule has 3 heteroatoms. The van der Waals surface area contributed by atoms with Crippen LogP contribution >= 0.6 is 0 Å². The standard InChI is InChI=1S/C7H12O3/c1-3-6(4-2)5-10-7(8)9/h3,6H,1,4-5H2,2H3,(H,8,9). The molecule has 0 aliphatic heterocycles. The number of hydrogen-bond acceptors (Lipinski definition) is 2. The van der Waals surface area contributed by atoms with E-state index in [4.69, 9.17) is 5.11 Å². The fourth-order valence-corrected chi connectivity index (χ4v) is 0.531. The van der Waals surface area contributed by atoms with Gasteiger partial charge in [0.2, 0.25) is 0 Å². The van der Waals surface area contributed by atoms with Crippen molar-refractivity contribution in [2.75, 3.05) is 6.61 Å². The molecule has 0 aromatic carbocycles. The Morgan fingerprint density at radius 1 is 1.90 bits per heavy atom. The molecule has 1 N–H and O–H groups in total. The Bertz CT molecular complexity index is 120. The second-order valence-electron chi connectivity index (χ2n) is 1.98. The van der Waals surface area contributed by atoms with Crippen LogP contribution in [-0.2, 0) is 4.74 Å². The second kappa shape index (κ2) is 4.85. The Balaban J connectivity index is 3.44. The highest BCUT2D eigenvalue weighted by atomic mass is 16.7. The number of carbonyl (C=O) groups is 1. The van der Waals surface area contributed by atoms with E-state index in [2.05, 4.69) is 11.3 Å². The summed E-state index contributed by atoms with van der Waals surface area (Å²) < 4.78 is 4.33. The van der Waals surface area contributed by atoms with E-state index < -0.39 is 6.16 Å². The summed E-state index contributed by atoms with van der Waals surface area (Å²) in [5.41, 5.74) is 0. The zero-order valence-electron chi connectivity index (χ0n) is 6.04. The molecular weight excluding hydrogens is 132 g/mol. The molecule has 58 valence electrons. The maximum atomic E-state index is 9.88. The van der Waals surface area contributed by atoms with Crippen LogP contribution in [0.5, 0.6) is 0 Å². The number of ether oxygens (including phenoxy) is 1. The molecule has 0 amide bonds. The molecule has 0 saturated carbocycles. The van der Waals surface area contributed by atoms with E-state index in [-0.39, 0.29) is 12.5 Å². The molecule has 1 atom stereocenters. The lowest BCUT2D eigenvalue weighted by atomic mass is 10.1. The van der Waals surface area contributed by atoms with E-state index in [9.17, 15) is 4.79 Å². The van der Waals surface area contributed by atoms with Crippen LogP contribution in [0.3, 0.4) is 0 Å². The largest absolute Gasteiger partial charge is 0.505 e. The van der Waals surface area contributed by atoms with Gasteiger partial charge in [0, 0.05) is 5.92 Å². The average molecular weight is 144 g/mol. The summed E-state index contributed by atoms with van der Waals surface area (Å²) in [5, 5.41) is 8.10. The Kier molecular flexibility index (Phi) is 4.37. The minimum atomic E-state index is -1.22. The molecule has 0 bridgehead atoms. The van der Waals surface area contributed by atoms with Crippen LogP contribution in [-0.4, -0.2) is 17.9 Å². The molecule has 0 aromatic heterocycles. The first-order valence-electron chi connectivity index (χ1n) is 3.19. The number of rotatable bonds is 4. The zero-order chi connectivity index (χ0) is 7.98.